The molecule has 0 aromatic carbocycles. The fourth-order valence-electron chi connectivity index (χ4n) is 3.65. The lowest BCUT2D eigenvalue weighted by molar-refractivity contribution is -0.117. The van der Waals surface area contributed by atoms with Crippen LogP contribution in [0.1, 0.15) is 81.8 Å². The Labute approximate surface area is 127 Å². The van der Waals surface area contributed by atoms with Gasteiger partial charge < -0.3 is 5.11 Å². The Hall–Kier alpha value is -0.630. The van der Waals surface area contributed by atoms with E-state index < -0.39 is 12.0 Å². The standard InChI is InChI=1S/C18H30O2/c1-5-6-7-14-15-12-13(17(2,3)20)8-10-18(15,4)11-9-16(14)19/h13,20H,5-12H2,1-4H3/t13-,18-/m1/s1/i9D2,20D. The van der Waals surface area contributed by atoms with Gasteiger partial charge in [0.1, 0.15) is 0 Å². The van der Waals surface area contributed by atoms with Crippen molar-refractivity contribution in [1.82, 2.24) is 0 Å². The van der Waals surface area contributed by atoms with Gasteiger partial charge in [0.2, 0.25) is 1.43 Å². The molecule has 2 nitrogen and oxygen atoms in total. The van der Waals surface area contributed by atoms with Gasteiger partial charge in [-0.3, -0.25) is 4.79 Å². The van der Waals surface area contributed by atoms with Crippen LogP contribution in [0.3, 0.4) is 0 Å². The van der Waals surface area contributed by atoms with Gasteiger partial charge in [0, 0.05) is 9.11 Å². The van der Waals surface area contributed by atoms with E-state index in [0.29, 0.717) is 12.8 Å². The topological polar surface area (TPSA) is 37.3 Å². The van der Waals surface area contributed by atoms with Crippen molar-refractivity contribution in [3.8, 4) is 0 Å². The van der Waals surface area contributed by atoms with E-state index in [2.05, 4.69) is 13.8 Å². The minimum absolute atomic E-state index is 0.205. The maximum Gasteiger partial charge on any atom is 0.211 e. The first-order valence-corrected chi connectivity index (χ1v) is 7.99. The van der Waals surface area contributed by atoms with Gasteiger partial charge in [0.05, 0.1) is 5.60 Å². The Morgan fingerprint density at radius 3 is 2.90 bits per heavy atom. The van der Waals surface area contributed by atoms with E-state index >= 15 is 0 Å². The summed E-state index contributed by atoms with van der Waals surface area (Å²) in [6.45, 7) is 8.07. The average molecular weight is 281 g/mol. The minimum atomic E-state index is -1.74. The van der Waals surface area contributed by atoms with Crippen LogP contribution in [0.25, 0.3) is 0 Å². The van der Waals surface area contributed by atoms with Crippen molar-refractivity contribution >= 4 is 5.78 Å². The summed E-state index contributed by atoms with van der Waals surface area (Å²) in [5, 5.41) is 4.94. The molecule has 0 aromatic heterocycles. The molecule has 0 saturated heterocycles. The molecule has 2 heteroatoms. The summed E-state index contributed by atoms with van der Waals surface area (Å²) in [4.78, 5) is 12.7. The van der Waals surface area contributed by atoms with Crippen molar-refractivity contribution in [2.75, 3.05) is 0 Å². The molecule has 0 aromatic rings. The van der Waals surface area contributed by atoms with Gasteiger partial charge in [-0.25, -0.2) is 0 Å². The van der Waals surface area contributed by atoms with E-state index in [1.54, 1.807) is 0 Å². The maximum atomic E-state index is 12.7. The number of allylic oxidation sites excluding steroid dienone is 2. The zero-order chi connectivity index (χ0) is 17.5. The van der Waals surface area contributed by atoms with Crippen LogP contribution in [0.5, 0.6) is 0 Å². The largest absolute Gasteiger partial charge is 0.390 e. The first-order chi connectivity index (χ1) is 10.6. The number of ketones is 1. The van der Waals surface area contributed by atoms with Crippen molar-refractivity contribution in [2.24, 2.45) is 11.3 Å². The van der Waals surface area contributed by atoms with Crippen molar-refractivity contribution < 1.29 is 12.6 Å². The lowest BCUT2D eigenvalue weighted by atomic mass is 9.59. The van der Waals surface area contributed by atoms with E-state index in [9.17, 15) is 4.79 Å². The summed E-state index contributed by atoms with van der Waals surface area (Å²) in [5.74, 6) is -0.0971. The SMILES string of the molecule is [2H]OC(C)(C)[C@@H]1CC[C@]2(C)CC([2H])([2H])C(=O)C(CCCC)=C2C1. The summed E-state index contributed by atoms with van der Waals surface area (Å²) >= 11 is 0. The first-order valence-electron chi connectivity index (χ1n) is 9.40. The Morgan fingerprint density at radius 1 is 1.50 bits per heavy atom. The highest BCUT2D eigenvalue weighted by molar-refractivity contribution is 5.97. The van der Waals surface area contributed by atoms with Gasteiger partial charge in [0.15, 0.2) is 5.78 Å². The molecule has 0 heterocycles. The molecule has 0 unspecified atom stereocenters. The number of rotatable bonds is 5. The Balaban J connectivity index is 2.44. The average Bonchev–Trinajstić information content (AvgIpc) is 2.47. The van der Waals surface area contributed by atoms with Gasteiger partial charge in [-0.2, -0.15) is 0 Å². The molecule has 2 atom stereocenters. The van der Waals surface area contributed by atoms with E-state index in [-0.39, 0.29) is 17.1 Å². The van der Waals surface area contributed by atoms with Gasteiger partial charge in [-0.15, -0.1) is 0 Å². The number of hydrogen-bond acceptors (Lipinski definition) is 2. The van der Waals surface area contributed by atoms with Gasteiger partial charge >= 0.3 is 0 Å². The summed E-state index contributed by atoms with van der Waals surface area (Å²) in [7, 11) is 0. The second kappa shape index (κ2) is 5.63. The second-order valence-corrected chi connectivity index (χ2v) is 7.35. The van der Waals surface area contributed by atoms with Gasteiger partial charge in [0.25, 0.3) is 0 Å². The van der Waals surface area contributed by atoms with Crippen LogP contribution in [0.2, 0.25) is 0 Å². The predicted molar refractivity (Wildman–Crippen MR) is 82.5 cm³/mol. The Kier molecular flexibility index (Phi) is 3.37. The number of carbonyl (C=O) groups excluding carboxylic acids is 1. The van der Waals surface area contributed by atoms with Gasteiger partial charge in [-0.1, -0.05) is 25.8 Å². The maximum absolute atomic E-state index is 12.7. The highest BCUT2D eigenvalue weighted by Crippen LogP contribution is 2.52. The molecule has 2 aliphatic carbocycles. The smallest absolute Gasteiger partial charge is 0.211 e. The first kappa shape index (κ1) is 12.0. The van der Waals surface area contributed by atoms with Crippen LogP contribution in [-0.2, 0) is 4.79 Å². The van der Waals surface area contributed by atoms with Crippen molar-refractivity contribution in [3.63, 3.8) is 0 Å². The molecule has 20 heavy (non-hydrogen) atoms. The van der Waals surface area contributed by atoms with Crippen LogP contribution >= 0.6 is 0 Å². The van der Waals surface area contributed by atoms with E-state index in [1.807, 2.05) is 13.8 Å². The van der Waals surface area contributed by atoms with Crippen LogP contribution in [0.4, 0.5) is 0 Å². The van der Waals surface area contributed by atoms with Crippen LogP contribution in [0.15, 0.2) is 11.1 Å². The lowest BCUT2D eigenvalue weighted by Gasteiger charge is -2.46. The Morgan fingerprint density at radius 2 is 2.25 bits per heavy atom. The van der Waals surface area contributed by atoms with Crippen LogP contribution < -0.4 is 0 Å². The number of unbranched alkanes of at least 4 members (excludes halogenated alkanes) is 1. The fraction of sp³-hybridized carbons (Fsp3) is 0.833. The molecule has 0 amide bonds. The monoisotopic (exact) mass is 281 g/mol. The summed E-state index contributed by atoms with van der Waals surface area (Å²) in [6, 6.07) is 0. The summed E-state index contributed by atoms with van der Waals surface area (Å²) in [5.41, 5.74) is 1.11. The zero-order valence-electron chi connectivity index (χ0n) is 16.3. The fourth-order valence-corrected chi connectivity index (χ4v) is 3.65. The van der Waals surface area contributed by atoms with Crippen molar-refractivity contribution in [3.05, 3.63) is 11.1 Å². The number of aliphatic hydroxyl groups is 1. The van der Waals surface area contributed by atoms with Crippen LogP contribution in [0, 0.1) is 11.3 Å². The van der Waals surface area contributed by atoms with Gasteiger partial charge in [-0.05, 0) is 69.3 Å². The molecule has 114 valence electrons. The molecular formula is C18H30O2. The molecule has 2 aliphatic rings. The molecule has 0 spiro atoms. The number of hydrogen-bond donors (Lipinski definition) is 1. The third-order valence-corrected chi connectivity index (χ3v) is 5.26. The highest BCUT2D eigenvalue weighted by Gasteiger charge is 2.44. The predicted octanol–water partition coefficient (Wildman–Crippen LogP) is 4.41. The second-order valence-electron chi connectivity index (χ2n) is 7.35. The lowest BCUT2D eigenvalue weighted by Crippen LogP contribution is -2.40. The summed E-state index contributed by atoms with van der Waals surface area (Å²) < 4.78 is 23.7. The van der Waals surface area contributed by atoms with E-state index in [4.69, 9.17) is 9.28 Å². The van der Waals surface area contributed by atoms with E-state index in [0.717, 1.165) is 43.3 Å². The Bertz CT molecular complexity index is 510. The molecule has 1 fully saturated rings. The number of Topliss-reactive ketones (excluding diaryl/α,β-unsaturated/α-hetero) is 1. The quantitative estimate of drug-likeness (QED) is 0.810. The molecule has 1 saturated carbocycles. The van der Waals surface area contributed by atoms with Crippen LogP contribution in [-0.4, -0.2) is 17.9 Å². The van der Waals surface area contributed by atoms with E-state index in [1.165, 1.54) is 0 Å². The highest BCUT2D eigenvalue weighted by atomic mass is 16.3. The zero-order valence-corrected chi connectivity index (χ0v) is 13.3. The molecule has 2 rings (SSSR count). The molecule has 0 aliphatic heterocycles. The third-order valence-electron chi connectivity index (χ3n) is 5.26. The third kappa shape index (κ3) is 3.00. The minimum Gasteiger partial charge on any atom is -0.390 e. The van der Waals surface area contributed by atoms with Crippen molar-refractivity contribution in [1.29, 1.82) is 1.43 Å². The number of fused-ring (bicyclic) bond motifs is 1. The molecule has 0 radical (unpaired) electrons. The summed E-state index contributed by atoms with van der Waals surface area (Å²) in [6.07, 6.45) is 3.67. The normalized spacial score (nSPS) is 36.1. The number of carbonyl (C=O) groups is 1. The van der Waals surface area contributed by atoms with Crippen molar-refractivity contribution in [2.45, 2.75) is 84.6 Å². The molecular weight excluding hydrogens is 248 g/mol. The molecule has 0 bridgehead atoms. The molecule has 1 N–H and O–H groups in total.